The number of nitrogens with zero attached hydrogens (tertiary/aromatic N) is 1. The maximum atomic E-state index is 9.10. The summed E-state index contributed by atoms with van der Waals surface area (Å²) in [6, 6.07) is 16.5. The van der Waals surface area contributed by atoms with Gasteiger partial charge < -0.3 is 0 Å². The standard InChI is InChI=1S/C15H12BrNS/c1-11-3-2-4-12(7-11)10-18-15-6-5-14(16)8-13(15)9-17/h2-8H,10H2,1H3. The van der Waals surface area contributed by atoms with Crippen LogP contribution in [0.3, 0.4) is 0 Å². The van der Waals surface area contributed by atoms with Crippen LogP contribution in [0.2, 0.25) is 0 Å². The number of aryl methyl sites for hydroxylation is 1. The van der Waals surface area contributed by atoms with Gasteiger partial charge in [-0.05, 0) is 30.7 Å². The molecule has 2 aromatic carbocycles. The van der Waals surface area contributed by atoms with Crippen molar-refractivity contribution in [3.63, 3.8) is 0 Å². The highest BCUT2D eigenvalue weighted by atomic mass is 79.9. The summed E-state index contributed by atoms with van der Waals surface area (Å²) >= 11 is 5.08. The second-order valence-corrected chi connectivity index (χ2v) is 5.96. The van der Waals surface area contributed by atoms with E-state index >= 15 is 0 Å². The van der Waals surface area contributed by atoms with E-state index < -0.39 is 0 Å². The summed E-state index contributed by atoms with van der Waals surface area (Å²) in [6.07, 6.45) is 0. The maximum absolute atomic E-state index is 9.10. The molecular formula is C15H12BrNS. The SMILES string of the molecule is Cc1cccc(CSc2ccc(Br)cc2C#N)c1. The lowest BCUT2D eigenvalue weighted by atomic mass is 10.2. The number of rotatable bonds is 3. The van der Waals surface area contributed by atoms with Crippen molar-refractivity contribution in [1.29, 1.82) is 5.26 Å². The van der Waals surface area contributed by atoms with E-state index in [-0.39, 0.29) is 0 Å². The van der Waals surface area contributed by atoms with Crippen LogP contribution in [0.25, 0.3) is 0 Å². The average molecular weight is 318 g/mol. The monoisotopic (exact) mass is 317 g/mol. The Labute approximate surface area is 120 Å². The molecule has 18 heavy (non-hydrogen) atoms. The first-order valence-electron chi connectivity index (χ1n) is 5.57. The summed E-state index contributed by atoms with van der Waals surface area (Å²) < 4.78 is 0.943. The third-order valence-electron chi connectivity index (χ3n) is 2.54. The van der Waals surface area contributed by atoms with Gasteiger partial charge in [0.1, 0.15) is 6.07 Å². The largest absolute Gasteiger partial charge is 0.192 e. The molecule has 0 aliphatic carbocycles. The molecule has 0 aliphatic rings. The van der Waals surface area contributed by atoms with Gasteiger partial charge in [0, 0.05) is 15.1 Å². The van der Waals surface area contributed by atoms with E-state index in [9.17, 15) is 0 Å². The molecule has 0 aromatic heterocycles. The minimum absolute atomic E-state index is 0.724. The number of halogens is 1. The van der Waals surface area contributed by atoms with Crippen LogP contribution in [0, 0.1) is 18.3 Å². The van der Waals surface area contributed by atoms with E-state index in [2.05, 4.69) is 53.2 Å². The first kappa shape index (κ1) is 13.2. The summed E-state index contributed by atoms with van der Waals surface area (Å²) in [4.78, 5) is 1.03. The third kappa shape index (κ3) is 3.38. The predicted octanol–water partition coefficient (Wildman–Crippen LogP) is 4.92. The minimum Gasteiger partial charge on any atom is -0.192 e. The highest BCUT2D eigenvalue weighted by molar-refractivity contribution is 9.10. The Balaban J connectivity index is 2.14. The summed E-state index contributed by atoms with van der Waals surface area (Å²) in [5, 5.41) is 9.10. The van der Waals surface area contributed by atoms with Gasteiger partial charge in [-0.2, -0.15) is 5.26 Å². The molecule has 1 nitrogen and oxygen atoms in total. The van der Waals surface area contributed by atoms with Gasteiger partial charge >= 0.3 is 0 Å². The highest BCUT2D eigenvalue weighted by Crippen LogP contribution is 2.28. The summed E-state index contributed by atoms with van der Waals surface area (Å²) in [5.41, 5.74) is 3.28. The van der Waals surface area contributed by atoms with Gasteiger partial charge in [0.2, 0.25) is 0 Å². The zero-order chi connectivity index (χ0) is 13.0. The predicted molar refractivity (Wildman–Crippen MR) is 79.6 cm³/mol. The van der Waals surface area contributed by atoms with Gasteiger partial charge in [0.05, 0.1) is 5.56 Å². The molecule has 0 spiro atoms. The normalized spacial score (nSPS) is 10.1. The Kier molecular flexibility index (Phi) is 4.46. The van der Waals surface area contributed by atoms with Crippen molar-refractivity contribution in [3.05, 3.63) is 63.6 Å². The van der Waals surface area contributed by atoms with Crippen molar-refractivity contribution in [2.45, 2.75) is 17.6 Å². The summed E-state index contributed by atoms with van der Waals surface area (Å²) in [7, 11) is 0. The Bertz CT molecular complexity index is 602. The molecule has 0 unspecified atom stereocenters. The molecule has 2 aromatic rings. The van der Waals surface area contributed by atoms with Crippen molar-refractivity contribution in [3.8, 4) is 6.07 Å². The molecule has 0 fully saturated rings. The Hall–Kier alpha value is -1.24. The van der Waals surface area contributed by atoms with Gasteiger partial charge in [-0.15, -0.1) is 11.8 Å². The fourth-order valence-electron chi connectivity index (χ4n) is 1.68. The molecule has 0 saturated carbocycles. The van der Waals surface area contributed by atoms with Gasteiger partial charge in [0.25, 0.3) is 0 Å². The van der Waals surface area contributed by atoms with Crippen LogP contribution >= 0.6 is 27.7 Å². The smallest absolute Gasteiger partial charge is 0.100 e. The van der Waals surface area contributed by atoms with Gasteiger partial charge in [-0.25, -0.2) is 0 Å². The average Bonchev–Trinajstić information content (AvgIpc) is 2.37. The van der Waals surface area contributed by atoms with Crippen LogP contribution in [0.1, 0.15) is 16.7 Å². The quantitative estimate of drug-likeness (QED) is 0.750. The van der Waals surface area contributed by atoms with Crippen molar-refractivity contribution in [2.75, 3.05) is 0 Å². The molecule has 2 rings (SSSR count). The summed E-state index contributed by atoms with van der Waals surface area (Å²) in [6.45, 7) is 2.09. The van der Waals surface area contributed by atoms with Gasteiger partial charge in [-0.3, -0.25) is 0 Å². The van der Waals surface area contributed by atoms with Crippen molar-refractivity contribution < 1.29 is 0 Å². The Morgan fingerprint density at radius 3 is 2.78 bits per heavy atom. The molecule has 3 heteroatoms. The topological polar surface area (TPSA) is 23.8 Å². The van der Waals surface area contributed by atoms with E-state index in [1.807, 2.05) is 18.2 Å². The van der Waals surface area contributed by atoms with Crippen LogP contribution in [0.5, 0.6) is 0 Å². The molecule has 0 saturated heterocycles. The van der Waals surface area contributed by atoms with Crippen molar-refractivity contribution in [1.82, 2.24) is 0 Å². The molecule has 0 amide bonds. The first-order chi connectivity index (χ1) is 8.69. The Morgan fingerprint density at radius 2 is 2.06 bits per heavy atom. The fourth-order valence-corrected chi connectivity index (χ4v) is 2.97. The molecule has 90 valence electrons. The molecule has 0 radical (unpaired) electrons. The maximum Gasteiger partial charge on any atom is 0.100 e. The van der Waals surface area contributed by atoms with Crippen molar-refractivity contribution in [2.24, 2.45) is 0 Å². The van der Waals surface area contributed by atoms with Crippen LogP contribution in [0.4, 0.5) is 0 Å². The molecule has 0 N–H and O–H groups in total. The molecule has 0 heterocycles. The van der Waals surface area contributed by atoms with E-state index in [1.54, 1.807) is 11.8 Å². The zero-order valence-corrected chi connectivity index (χ0v) is 12.4. The van der Waals surface area contributed by atoms with Crippen molar-refractivity contribution >= 4 is 27.7 Å². The molecule has 0 atom stereocenters. The van der Waals surface area contributed by atoms with E-state index in [0.717, 1.165) is 20.7 Å². The van der Waals surface area contributed by atoms with Crippen LogP contribution < -0.4 is 0 Å². The highest BCUT2D eigenvalue weighted by Gasteiger charge is 2.04. The Morgan fingerprint density at radius 1 is 1.22 bits per heavy atom. The number of nitriles is 1. The van der Waals surface area contributed by atoms with Crippen LogP contribution in [-0.2, 0) is 5.75 Å². The lowest BCUT2D eigenvalue weighted by Gasteiger charge is -2.05. The van der Waals surface area contributed by atoms with Crippen LogP contribution in [-0.4, -0.2) is 0 Å². The van der Waals surface area contributed by atoms with Crippen LogP contribution in [0.15, 0.2) is 51.8 Å². The molecular weight excluding hydrogens is 306 g/mol. The van der Waals surface area contributed by atoms with Gasteiger partial charge in [-0.1, -0.05) is 45.8 Å². The lowest BCUT2D eigenvalue weighted by molar-refractivity contribution is 1.32. The minimum atomic E-state index is 0.724. The number of hydrogen-bond acceptors (Lipinski definition) is 2. The second kappa shape index (κ2) is 6.08. The molecule has 0 bridgehead atoms. The number of benzene rings is 2. The summed E-state index contributed by atoms with van der Waals surface area (Å²) in [5.74, 6) is 0.887. The van der Waals surface area contributed by atoms with E-state index in [0.29, 0.717) is 0 Å². The number of hydrogen-bond donors (Lipinski definition) is 0. The third-order valence-corrected chi connectivity index (χ3v) is 4.18. The fraction of sp³-hybridized carbons (Fsp3) is 0.133. The number of thioether (sulfide) groups is 1. The first-order valence-corrected chi connectivity index (χ1v) is 7.35. The second-order valence-electron chi connectivity index (χ2n) is 4.03. The van der Waals surface area contributed by atoms with Gasteiger partial charge in [0.15, 0.2) is 0 Å². The lowest BCUT2D eigenvalue weighted by Crippen LogP contribution is -1.85. The van der Waals surface area contributed by atoms with E-state index in [1.165, 1.54) is 11.1 Å². The molecule has 0 aliphatic heterocycles. The van der Waals surface area contributed by atoms with E-state index in [4.69, 9.17) is 5.26 Å². The zero-order valence-electron chi connectivity index (χ0n) is 9.98.